The van der Waals surface area contributed by atoms with E-state index in [0.717, 1.165) is 13.0 Å². The van der Waals surface area contributed by atoms with Crippen LogP contribution in [0, 0.1) is 6.92 Å². The lowest BCUT2D eigenvalue weighted by atomic mass is 10.1. The van der Waals surface area contributed by atoms with Gasteiger partial charge in [0, 0.05) is 18.9 Å². The Hall–Kier alpha value is -1.50. The van der Waals surface area contributed by atoms with Crippen molar-refractivity contribution in [3.63, 3.8) is 0 Å². The Morgan fingerprint density at radius 1 is 1.13 bits per heavy atom. The second-order valence-electron chi connectivity index (χ2n) is 4.03. The highest BCUT2D eigenvalue weighted by Crippen LogP contribution is 2.08. The van der Waals surface area contributed by atoms with Crippen molar-refractivity contribution in [2.75, 3.05) is 0 Å². The van der Waals surface area contributed by atoms with Crippen LogP contribution in [-0.2, 0) is 13.0 Å². The van der Waals surface area contributed by atoms with Crippen LogP contribution in [0.5, 0.6) is 0 Å². The molecule has 0 amide bonds. The fourth-order valence-corrected chi connectivity index (χ4v) is 1.82. The zero-order valence-corrected chi connectivity index (χ0v) is 9.40. The molecule has 0 unspecified atom stereocenters. The smallest absolute Gasteiger partial charge is 0.0470 e. The largest absolute Gasteiger partial charge is 0.350 e. The first-order valence-electron chi connectivity index (χ1n) is 5.48. The fourth-order valence-electron chi connectivity index (χ4n) is 1.82. The molecule has 0 N–H and O–H groups in total. The molecule has 2 aromatic rings. The maximum Gasteiger partial charge on any atom is 0.0470 e. The van der Waals surface area contributed by atoms with Gasteiger partial charge in [0.2, 0.25) is 0 Å². The zero-order chi connectivity index (χ0) is 10.7. The Morgan fingerprint density at radius 3 is 2.67 bits per heavy atom. The predicted molar refractivity (Wildman–Crippen MR) is 64.1 cm³/mol. The highest BCUT2D eigenvalue weighted by molar-refractivity contribution is 5.23. The third-order valence-electron chi connectivity index (χ3n) is 2.67. The van der Waals surface area contributed by atoms with E-state index in [-0.39, 0.29) is 0 Å². The van der Waals surface area contributed by atoms with Crippen LogP contribution >= 0.6 is 0 Å². The molecule has 0 fully saturated rings. The van der Waals surface area contributed by atoms with Crippen molar-refractivity contribution in [3.05, 3.63) is 59.4 Å². The lowest BCUT2D eigenvalue weighted by Gasteiger charge is -2.03. The SMILES string of the molecule is CCc1ccn(Cc2cccc(C)c2)c1. The van der Waals surface area contributed by atoms with Gasteiger partial charge in [-0.1, -0.05) is 36.8 Å². The van der Waals surface area contributed by atoms with Gasteiger partial charge in [-0.2, -0.15) is 0 Å². The van der Waals surface area contributed by atoms with Crippen molar-refractivity contribution in [2.24, 2.45) is 0 Å². The molecule has 1 aromatic carbocycles. The Kier molecular flexibility index (Phi) is 2.91. The van der Waals surface area contributed by atoms with E-state index < -0.39 is 0 Å². The number of rotatable bonds is 3. The topological polar surface area (TPSA) is 4.93 Å². The highest BCUT2D eigenvalue weighted by atomic mass is 14.9. The van der Waals surface area contributed by atoms with Gasteiger partial charge in [0.1, 0.15) is 0 Å². The van der Waals surface area contributed by atoms with Gasteiger partial charge in [-0.3, -0.25) is 0 Å². The number of aryl methyl sites for hydroxylation is 2. The first kappa shape index (κ1) is 10.0. The van der Waals surface area contributed by atoms with Gasteiger partial charge in [-0.15, -0.1) is 0 Å². The maximum atomic E-state index is 2.24. The molecule has 1 nitrogen and oxygen atoms in total. The van der Waals surface area contributed by atoms with Crippen LogP contribution in [0.15, 0.2) is 42.7 Å². The Bertz CT molecular complexity index is 440. The van der Waals surface area contributed by atoms with Crippen LogP contribution in [-0.4, -0.2) is 4.57 Å². The second kappa shape index (κ2) is 4.35. The number of hydrogen-bond donors (Lipinski definition) is 0. The Labute approximate surface area is 91.4 Å². The minimum absolute atomic E-state index is 0.974. The average molecular weight is 199 g/mol. The van der Waals surface area contributed by atoms with Gasteiger partial charge in [0.05, 0.1) is 0 Å². The summed E-state index contributed by atoms with van der Waals surface area (Å²) in [6.07, 6.45) is 5.49. The Morgan fingerprint density at radius 2 is 2.00 bits per heavy atom. The summed E-state index contributed by atoms with van der Waals surface area (Å²) < 4.78 is 2.24. The van der Waals surface area contributed by atoms with E-state index in [2.05, 4.69) is 61.1 Å². The molecule has 0 bridgehead atoms. The highest BCUT2D eigenvalue weighted by Gasteiger charge is 1.96. The molecule has 2 rings (SSSR count). The summed E-state index contributed by atoms with van der Waals surface area (Å²) in [5.41, 5.74) is 4.10. The van der Waals surface area contributed by atoms with Crippen LogP contribution in [0.2, 0.25) is 0 Å². The minimum atomic E-state index is 0.974. The fraction of sp³-hybridized carbons (Fsp3) is 0.286. The van der Waals surface area contributed by atoms with Crippen molar-refractivity contribution in [2.45, 2.75) is 26.8 Å². The van der Waals surface area contributed by atoms with Crippen LogP contribution in [0.1, 0.15) is 23.6 Å². The molecule has 0 saturated heterocycles. The van der Waals surface area contributed by atoms with Crippen LogP contribution in [0.4, 0.5) is 0 Å². The number of benzene rings is 1. The van der Waals surface area contributed by atoms with Gasteiger partial charge in [0.15, 0.2) is 0 Å². The molecule has 1 aromatic heterocycles. The molecule has 0 saturated carbocycles. The van der Waals surface area contributed by atoms with E-state index in [1.165, 1.54) is 16.7 Å². The molecule has 1 heteroatoms. The number of hydrogen-bond acceptors (Lipinski definition) is 0. The summed E-state index contributed by atoms with van der Waals surface area (Å²) in [6.45, 7) is 5.30. The summed E-state index contributed by atoms with van der Waals surface area (Å²) in [5.74, 6) is 0. The molecule has 15 heavy (non-hydrogen) atoms. The third-order valence-corrected chi connectivity index (χ3v) is 2.67. The van der Waals surface area contributed by atoms with Gasteiger partial charge < -0.3 is 4.57 Å². The van der Waals surface area contributed by atoms with Crippen LogP contribution in [0.3, 0.4) is 0 Å². The number of aromatic nitrogens is 1. The lowest BCUT2D eigenvalue weighted by molar-refractivity contribution is 0.801. The molecule has 0 spiro atoms. The summed E-state index contributed by atoms with van der Waals surface area (Å²) in [7, 11) is 0. The van der Waals surface area contributed by atoms with Gasteiger partial charge >= 0.3 is 0 Å². The number of nitrogens with zero attached hydrogens (tertiary/aromatic N) is 1. The minimum Gasteiger partial charge on any atom is -0.350 e. The maximum absolute atomic E-state index is 2.24. The second-order valence-corrected chi connectivity index (χ2v) is 4.03. The van der Waals surface area contributed by atoms with Crippen molar-refractivity contribution < 1.29 is 0 Å². The standard InChI is InChI=1S/C14H17N/c1-3-13-7-8-15(10-13)11-14-6-4-5-12(2)9-14/h4-10H,3,11H2,1-2H3. The zero-order valence-electron chi connectivity index (χ0n) is 9.40. The van der Waals surface area contributed by atoms with Gasteiger partial charge in [-0.05, 0) is 30.5 Å². The average Bonchev–Trinajstić information content (AvgIpc) is 2.65. The van der Waals surface area contributed by atoms with Crippen molar-refractivity contribution in [1.29, 1.82) is 0 Å². The monoisotopic (exact) mass is 199 g/mol. The summed E-state index contributed by atoms with van der Waals surface area (Å²) in [4.78, 5) is 0. The van der Waals surface area contributed by atoms with Crippen molar-refractivity contribution >= 4 is 0 Å². The molecule has 1 heterocycles. The molecule has 0 aliphatic carbocycles. The summed E-state index contributed by atoms with van der Waals surface area (Å²) in [6, 6.07) is 10.9. The normalized spacial score (nSPS) is 10.5. The predicted octanol–water partition coefficient (Wildman–Crippen LogP) is 3.41. The molecular formula is C14H17N. The Balaban J connectivity index is 2.14. The molecule has 78 valence electrons. The molecule has 0 aliphatic heterocycles. The molecule has 0 atom stereocenters. The molecule has 0 aliphatic rings. The van der Waals surface area contributed by atoms with Crippen molar-refractivity contribution in [3.8, 4) is 0 Å². The molecular weight excluding hydrogens is 182 g/mol. The summed E-state index contributed by atoms with van der Waals surface area (Å²) >= 11 is 0. The summed E-state index contributed by atoms with van der Waals surface area (Å²) in [5, 5.41) is 0. The van der Waals surface area contributed by atoms with E-state index in [1.807, 2.05) is 0 Å². The van der Waals surface area contributed by atoms with E-state index in [9.17, 15) is 0 Å². The van der Waals surface area contributed by atoms with E-state index in [1.54, 1.807) is 0 Å². The first-order valence-corrected chi connectivity index (χ1v) is 5.48. The third kappa shape index (κ3) is 2.50. The quantitative estimate of drug-likeness (QED) is 0.714. The van der Waals surface area contributed by atoms with Crippen LogP contribution < -0.4 is 0 Å². The van der Waals surface area contributed by atoms with Crippen LogP contribution in [0.25, 0.3) is 0 Å². The van der Waals surface area contributed by atoms with E-state index >= 15 is 0 Å². The van der Waals surface area contributed by atoms with Gasteiger partial charge in [0.25, 0.3) is 0 Å². The lowest BCUT2D eigenvalue weighted by Crippen LogP contribution is -1.96. The van der Waals surface area contributed by atoms with Gasteiger partial charge in [-0.25, -0.2) is 0 Å². The van der Waals surface area contributed by atoms with E-state index in [0.29, 0.717) is 0 Å². The van der Waals surface area contributed by atoms with E-state index in [4.69, 9.17) is 0 Å². The first-order chi connectivity index (χ1) is 7.28. The van der Waals surface area contributed by atoms with Crippen molar-refractivity contribution in [1.82, 2.24) is 4.57 Å². The molecule has 0 radical (unpaired) electrons.